The van der Waals surface area contributed by atoms with Crippen molar-refractivity contribution in [1.29, 1.82) is 5.26 Å². The highest BCUT2D eigenvalue weighted by Gasteiger charge is 2.29. The number of pyridine rings is 2. The van der Waals surface area contributed by atoms with E-state index in [2.05, 4.69) is 25.8 Å². The second-order valence-corrected chi connectivity index (χ2v) is 8.54. The number of hydrogen-bond acceptors (Lipinski definition) is 7. The third kappa shape index (κ3) is 4.82. The summed E-state index contributed by atoms with van der Waals surface area (Å²) in [4.78, 5) is 28.5. The van der Waals surface area contributed by atoms with E-state index in [0.717, 1.165) is 37.8 Å². The normalized spacial score (nSPS) is 15.5. The van der Waals surface area contributed by atoms with E-state index < -0.39 is 17.1 Å². The molecule has 0 aliphatic carbocycles. The van der Waals surface area contributed by atoms with Crippen molar-refractivity contribution in [2.75, 3.05) is 38.1 Å². The first kappa shape index (κ1) is 23.5. The predicted octanol–water partition coefficient (Wildman–Crippen LogP) is 3.06. The Balaban J connectivity index is 2.14. The van der Waals surface area contributed by atoms with Crippen molar-refractivity contribution >= 4 is 29.2 Å². The molecule has 2 aromatic rings. The number of carbonyl (C=O) groups is 1. The Kier molecular flexibility index (Phi) is 7.62. The number of nitrogens with zero attached hydrogens (tertiary/aromatic N) is 6. The molecule has 2 aromatic heterocycles. The minimum atomic E-state index is -1.12. The van der Waals surface area contributed by atoms with Crippen LogP contribution in [0.25, 0.3) is 4.85 Å². The zero-order chi connectivity index (χ0) is 23.3. The van der Waals surface area contributed by atoms with Gasteiger partial charge in [-0.3, -0.25) is 4.79 Å². The Hall–Kier alpha value is -3.21. The standard InChI is InChI=1S/C22H24FN7OS/c1-4-14-16(13-24)22(32-18(20(25)31)15-7-5-8-27-19(15)23)28-21(17(14)26-2)30-10-6-9-29(3)11-12-30/h5,7-8,18H,4,6,9-12H2,1,3H3,(H2,25,31). The van der Waals surface area contributed by atoms with Gasteiger partial charge in [0.2, 0.25) is 17.5 Å². The zero-order valence-electron chi connectivity index (χ0n) is 18.0. The largest absolute Gasteiger partial charge is 0.368 e. The van der Waals surface area contributed by atoms with Crippen LogP contribution in [-0.2, 0) is 11.2 Å². The summed E-state index contributed by atoms with van der Waals surface area (Å²) in [6.07, 6.45) is 2.64. The number of halogens is 1. The molecule has 2 N–H and O–H groups in total. The topological polar surface area (TPSA) is 104 Å². The van der Waals surface area contributed by atoms with Crippen LogP contribution in [-0.4, -0.2) is 54.0 Å². The molecule has 1 saturated heterocycles. The van der Waals surface area contributed by atoms with Gasteiger partial charge in [0, 0.05) is 31.4 Å². The van der Waals surface area contributed by atoms with Gasteiger partial charge in [0.15, 0.2) is 0 Å². The minimum absolute atomic E-state index is 0.0286. The summed E-state index contributed by atoms with van der Waals surface area (Å²) in [5, 5.41) is 9.02. The van der Waals surface area contributed by atoms with Gasteiger partial charge in [-0.2, -0.15) is 9.65 Å². The maximum absolute atomic E-state index is 14.3. The number of likely N-dealkylation sites (N-methyl/N-ethyl adjacent to an activating group) is 1. The molecule has 0 radical (unpaired) electrons. The minimum Gasteiger partial charge on any atom is -0.368 e. The number of primary amides is 1. The summed E-state index contributed by atoms with van der Waals surface area (Å²) in [6, 6.07) is 5.10. The molecule has 1 aliphatic rings. The Morgan fingerprint density at radius 2 is 2.22 bits per heavy atom. The first-order valence-electron chi connectivity index (χ1n) is 10.3. The number of rotatable bonds is 6. The third-order valence-corrected chi connectivity index (χ3v) is 6.62. The van der Waals surface area contributed by atoms with Gasteiger partial charge in [0.1, 0.15) is 22.2 Å². The third-order valence-electron chi connectivity index (χ3n) is 5.38. The van der Waals surface area contributed by atoms with Crippen molar-refractivity contribution in [3.05, 3.63) is 52.4 Å². The molecule has 1 aliphatic heterocycles. The molecule has 3 heterocycles. The number of thioether (sulfide) groups is 1. The lowest BCUT2D eigenvalue weighted by molar-refractivity contribution is -0.117. The van der Waals surface area contributed by atoms with E-state index in [1.165, 1.54) is 18.3 Å². The van der Waals surface area contributed by atoms with Crippen LogP contribution < -0.4 is 10.6 Å². The molecular weight excluding hydrogens is 429 g/mol. The lowest BCUT2D eigenvalue weighted by Gasteiger charge is -2.26. The number of amides is 1. The van der Waals surface area contributed by atoms with E-state index in [0.29, 0.717) is 30.0 Å². The Labute approximate surface area is 191 Å². The molecule has 0 spiro atoms. The second-order valence-electron chi connectivity index (χ2n) is 7.45. The van der Waals surface area contributed by atoms with E-state index >= 15 is 0 Å². The van der Waals surface area contributed by atoms with Crippen molar-refractivity contribution in [2.45, 2.75) is 30.0 Å². The zero-order valence-corrected chi connectivity index (χ0v) is 18.8. The lowest BCUT2D eigenvalue weighted by Crippen LogP contribution is -2.30. The Morgan fingerprint density at radius 1 is 1.44 bits per heavy atom. The van der Waals surface area contributed by atoms with Crippen LogP contribution in [0.15, 0.2) is 23.4 Å². The summed E-state index contributed by atoms with van der Waals surface area (Å²) < 4.78 is 14.3. The maximum Gasteiger partial charge on any atom is 0.235 e. The quantitative estimate of drug-likeness (QED) is 0.407. The molecule has 8 nitrogen and oxygen atoms in total. The maximum atomic E-state index is 14.3. The SMILES string of the molecule is [C-]#[N+]c1c(N2CCCN(C)CC2)nc(SC(C(N)=O)c2cccnc2F)c(C#N)c1CC. The molecule has 32 heavy (non-hydrogen) atoms. The van der Waals surface area contributed by atoms with Gasteiger partial charge in [0.25, 0.3) is 0 Å². The van der Waals surface area contributed by atoms with Crippen molar-refractivity contribution in [1.82, 2.24) is 14.9 Å². The van der Waals surface area contributed by atoms with Crippen LogP contribution in [0.1, 0.15) is 35.3 Å². The first-order valence-corrected chi connectivity index (χ1v) is 11.1. The molecule has 10 heteroatoms. The van der Waals surface area contributed by atoms with E-state index in [-0.39, 0.29) is 16.2 Å². The van der Waals surface area contributed by atoms with Crippen molar-refractivity contribution in [3.8, 4) is 6.07 Å². The van der Waals surface area contributed by atoms with Crippen LogP contribution in [0, 0.1) is 23.9 Å². The number of nitriles is 1. The number of aromatic nitrogens is 2. The molecule has 166 valence electrons. The highest BCUT2D eigenvalue weighted by molar-refractivity contribution is 8.00. The van der Waals surface area contributed by atoms with E-state index in [4.69, 9.17) is 12.3 Å². The highest BCUT2D eigenvalue weighted by Crippen LogP contribution is 2.43. The number of hydrogen-bond donors (Lipinski definition) is 1. The van der Waals surface area contributed by atoms with Crippen molar-refractivity contribution in [2.24, 2.45) is 5.73 Å². The Morgan fingerprint density at radius 3 is 2.84 bits per heavy atom. The number of carbonyl (C=O) groups excluding carboxylic acids is 1. The fraction of sp³-hybridized carbons (Fsp3) is 0.409. The molecule has 1 fully saturated rings. The molecule has 0 saturated carbocycles. The summed E-state index contributed by atoms with van der Waals surface area (Å²) in [7, 11) is 2.05. The van der Waals surface area contributed by atoms with E-state index in [1.54, 1.807) is 0 Å². The van der Waals surface area contributed by atoms with Gasteiger partial charge in [-0.1, -0.05) is 24.8 Å². The molecule has 3 rings (SSSR count). The molecule has 0 bridgehead atoms. The van der Waals surface area contributed by atoms with Gasteiger partial charge in [-0.05, 0) is 38.1 Å². The van der Waals surface area contributed by atoms with Crippen LogP contribution in [0.5, 0.6) is 0 Å². The molecular formula is C22H24FN7OS. The lowest BCUT2D eigenvalue weighted by atomic mass is 10.1. The second kappa shape index (κ2) is 10.4. The van der Waals surface area contributed by atoms with Crippen LogP contribution in [0.2, 0.25) is 0 Å². The molecule has 1 atom stereocenters. The average Bonchev–Trinajstić information content (AvgIpc) is 3.01. The number of nitrogens with two attached hydrogens (primary N) is 1. The van der Waals surface area contributed by atoms with Gasteiger partial charge < -0.3 is 15.5 Å². The summed E-state index contributed by atoms with van der Waals surface area (Å²) in [5.41, 5.74) is 6.76. The van der Waals surface area contributed by atoms with E-state index in [1.807, 2.05) is 18.9 Å². The fourth-order valence-corrected chi connectivity index (χ4v) is 4.78. The average molecular weight is 454 g/mol. The molecule has 1 amide bonds. The monoisotopic (exact) mass is 453 g/mol. The highest BCUT2D eigenvalue weighted by atomic mass is 32.2. The fourth-order valence-electron chi connectivity index (χ4n) is 3.71. The summed E-state index contributed by atoms with van der Waals surface area (Å²) in [5.74, 6) is -1.08. The van der Waals surface area contributed by atoms with E-state index in [9.17, 15) is 14.4 Å². The Bertz CT molecular complexity index is 1090. The predicted molar refractivity (Wildman–Crippen MR) is 121 cm³/mol. The first-order chi connectivity index (χ1) is 15.4. The number of anilines is 1. The van der Waals surface area contributed by atoms with Crippen LogP contribution >= 0.6 is 11.8 Å². The summed E-state index contributed by atoms with van der Waals surface area (Å²) >= 11 is 0.920. The molecule has 0 aromatic carbocycles. The van der Waals surface area contributed by atoms with Crippen molar-refractivity contribution in [3.63, 3.8) is 0 Å². The van der Waals surface area contributed by atoms with Gasteiger partial charge in [-0.25, -0.2) is 14.8 Å². The van der Waals surface area contributed by atoms with Gasteiger partial charge in [-0.15, -0.1) is 0 Å². The van der Waals surface area contributed by atoms with Crippen molar-refractivity contribution < 1.29 is 9.18 Å². The summed E-state index contributed by atoms with van der Waals surface area (Å²) in [6.45, 7) is 12.8. The van der Waals surface area contributed by atoms with Crippen LogP contribution in [0.4, 0.5) is 15.9 Å². The van der Waals surface area contributed by atoms with Crippen LogP contribution in [0.3, 0.4) is 0 Å². The van der Waals surface area contributed by atoms with Gasteiger partial charge in [0.05, 0.1) is 12.1 Å². The smallest absolute Gasteiger partial charge is 0.235 e. The molecule has 1 unspecified atom stereocenters. The van der Waals surface area contributed by atoms with Gasteiger partial charge >= 0.3 is 0 Å².